The van der Waals surface area contributed by atoms with Gasteiger partial charge < -0.3 is 22.9 Å². The van der Waals surface area contributed by atoms with Crippen LogP contribution in [0.3, 0.4) is 0 Å². The van der Waals surface area contributed by atoms with Gasteiger partial charge in [0, 0.05) is 5.57 Å². The average Bonchev–Trinajstić information content (AvgIpc) is 2.63. The molecule has 7 heteroatoms. The van der Waals surface area contributed by atoms with Gasteiger partial charge in [0.05, 0.1) is 5.54 Å². The lowest BCUT2D eigenvalue weighted by Gasteiger charge is -2.44. The predicted molar refractivity (Wildman–Crippen MR) is 112 cm³/mol. The summed E-state index contributed by atoms with van der Waals surface area (Å²) < 4.78 is 0. The second kappa shape index (κ2) is 7.82. The van der Waals surface area contributed by atoms with Gasteiger partial charge >= 0.3 is 0 Å². The summed E-state index contributed by atoms with van der Waals surface area (Å²) in [5.74, 6) is -0.544. The van der Waals surface area contributed by atoms with Crippen LogP contribution in [0.25, 0.3) is 5.57 Å². The molecule has 2 aliphatic carbocycles. The second-order valence-corrected chi connectivity index (χ2v) is 6.63. The van der Waals surface area contributed by atoms with Crippen LogP contribution in [0.1, 0.15) is 18.4 Å². The number of carbonyl (C=O) groups excluding carboxylic acids is 1. The van der Waals surface area contributed by atoms with E-state index in [-0.39, 0.29) is 18.4 Å². The number of nitrogens with two attached hydrogens (primary N) is 4. The van der Waals surface area contributed by atoms with Crippen molar-refractivity contribution in [2.75, 3.05) is 0 Å². The Hall–Kier alpha value is -2.83. The van der Waals surface area contributed by atoms with Gasteiger partial charge in [-0.15, -0.1) is 12.4 Å². The Bertz CT molecular complexity index is 868. The number of aliphatic imine (C=N–C) groups is 1. The Balaban J connectivity index is 0.00000261. The molecule has 6 nitrogen and oxygen atoms in total. The van der Waals surface area contributed by atoms with Crippen LogP contribution >= 0.6 is 12.4 Å². The van der Waals surface area contributed by atoms with E-state index in [1.54, 1.807) is 18.2 Å². The van der Waals surface area contributed by atoms with Crippen molar-refractivity contribution in [2.24, 2.45) is 27.9 Å². The first-order chi connectivity index (χ1) is 12.4. The fourth-order valence-electron chi connectivity index (χ4n) is 3.39. The molecule has 0 heterocycles. The van der Waals surface area contributed by atoms with Gasteiger partial charge in [-0.3, -0.25) is 4.79 Å². The Morgan fingerprint density at radius 1 is 0.963 bits per heavy atom. The van der Waals surface area contributed by atoms with Gasteiger partial charge in [0.15, 0.2) is 5.96 Å². The van der Waals surface area contributed by atoms with Crippen LogP contribution in [-0.2, 0) is 4.79 Å². The molecule has 1 aromatic carbocycles. The highest BCUT2D eigenvalue weighted by Gasteiger charge is 2.46. The monoisotopic (exact) mass is 385 g/mol. The van der Waals surface area contributed by atoms with Crippen molar-refractivity contribution in [3.8, 4) is 0 Å². The van der Waals surface area contributed by atoms with E-state index in [1.165, 1.54) is 0 Å². The molecule has 0 aromatic heterocycles. The highest BCUT2D eigenvalue weighted by Crippen LogP contribution is 2.40. The fraction of sp³-hybridized carbons (Fsp3) is 0.200. The number of nitrogens with zero attached hydrogens (tertiary/aromatic N) is 1. The number of amides is 1. The lowest BCUT2D eigenvalue weighted by Crippen LogP contribution is -2.59. The van der Waals surface area contributed by atoms with E-state index >= 15 is 0 Å². The number of primary amides is 1. The van der Waals surface area contributed by atoms with Gasteiger partial charge in [0.2, 0.25) is 5.91 Å². The Morgan fingerprint density at radius 2 is 1.67 bits per heavy atom. The minimum atomic E-state index is -0.875. The van der Waals surface area contributed by atoms with E-state index in [0.29, 0.717) is 18.4 Å². The highest BCUT2D eigenvalue weighted by molar-refractivity contribution is 5.95. The molecule has 2 atom stereocenters. The van der Waals surface area contributed by atoms with E-state index in [4.69, 9.17) is 22.9 Å². The molecule has 8 N–H and O–H groups in total. The number of halogens is 1. The minimum absolute atomic E-state index is 0. The van der Waals surface area contributed by atoms with Gasteiger partial charge in [-0.2, -0.15) is 0 Å². The maximum atomic E-state index is 11.4. The molecule has 0 spiro atoms. The van der Waals surface area contributed by atoms with Crippen LogP contribution in [0.5, 0.6) is 0 Å². The zero-order valence-electron chi connectivity index (χ0n) is 14.8. The van der Waals surface area contributed by atoms with Gasteiger partial charge in [-0.05, 0) is 24.0 Å². The van der Waals surface area contributed by atoms with Gasteiger partial charge in [0.1, 0.15) is 5.54 Å². The average molecular weight is 386 g/mol. The summed E-state index contributed by atoms with van der Waals surface area (Å²) >= 11 is 0. The summed E-state index contributed by atoms with van der Waals surface area (Å²) in [5, 5.41) is 0. The van der Waals surface area contributed by atoms with E-state index in [9.17, 15) is 4.79 Å². The number of allylic oxidation sites excluding steroid dienone is 2. The molecule has 0 aliphatic heterocycles. The molecule has 2 aliphatic rings. The topological polar surface area (TPSA) is 134 Å². The van der Waals surface area contributed by atoms with Gasteiger partial charge in [-0.25, -0.2) is 4.99 Å². The molecule has 3 rings (SSSR count). The van der Waals surface area contributed by atoms with Crippen molar-refractivity contribution >= 4 is 29.8 Å². The molecule has 0 bridgehead atoms. The predicted octanol–water partition coefficient (Wildman–Crippen LogP) is 1.53. The van der Waals surface area contributed by atoms with Crippen LogP contribution in [-0.4, -0.2) is 22.9 Å². The van der Waals surface area contributed by atoms with Crippen molar-refractivity contribution in [1.29, 1.82) is 0 Å². The van der Waals surface area contributed by atoms with Crippen molar-refractivity contribution in [1.82, 2.24) is 0 Å². The zero-order chi connectivity index (χ0) is 18.8. The molecule has 0 fully saturated rings. The third-order valence-electron chi connectivity index (χ3n) is 4.92. The quantitative estimate of drug-likeness (QED) is 0.462. The van der Waals surface area contributed by atoms with Crippen molar-refractivity contribution in [3.05, 3.63) is 77.9 Å². The molecular weight excluding hydrogens is 362 g/mol. The Labute approximate surface area is 164 Å². The number of carbonyl (C=O) groups is 1. The van der Waals surface area contributed by atoms with Crippen LogP contribution in [0.4, 0.5) is 0 Å². The van der Waals surface area contributed by atoms with E-state index < -0.39 is 17.0 Å². The molecule has 142 valence electrons. The molecule has 2 unspecified atom stereocenters. The molecule has 1 aromatic rings. The normalized spacial score (nSPS) is 26.4. The van der Waals surface area contributed by atoms with Crippen LogP contribution in [0, 0.1) is 0 Å². The standard InChI is InChI=1S/C20H23N5O.ClH/c21-17(26)16-8-12-20(13-9-16,25-18(22)23)19(24)10-6-15(7-11-19)14-4-2-1-3-5-14;/h1-10,12H,11,13,24H2,(H2,21,26)(H4,22,23,25);1H. The van der Waals surface area contributed by atoms with Crippen molar-refractivity contribution in [3.63, 3.8) is 0 Å². The summed E-state index contributed by atoms with van der Waals surface area (Å²) in [6.45, 7) is 0. The van der Waals surface area contributed by atoms with Crippen molar-refractivity contribution < 1.29 is 4.79 Å². The number of benzene rings is 1. The summed E-state index contributed by atoms with van der Waals surface area (Å²) in [7, 11) is 0. The van der Waals surface area contributed by atoms with Crippen LogP contribution in [0.2, 0.25) is 0 Å². The molecule has 0 radical (unpaired) electrons. The Morgan fingerprint density at radius 3 is 2.15 bits per heavy atom. The van der Waals surface area contributed by atoms with E-state index in [0.717, 1.165) is 11.1 Å². The summed E-state index contributed by atoms with van der Waals surface area (Å²) in [6, 6.07) is 10.1. The molecular formula is C20H24ClN5O. The smallest absolute Gasteiger partial charge is 0.248 e. The van der Waals surface area contributed by atoms with Crippen LogP contribution < -0.4 is 22.9 Å². The largest absolute Gasteiger partial charge is 0.370 e. The van der Waals surface area contributed by atoms with Gasteiger partial charge in [-0.1, -0.05) is 66.8 Å². The molecule has 0 saturated carbocycles. The number of hydrogen-bond acceptors (Lipinski definition) is 3. The van der Waals surface area contributed by atoms with E-state index in [2.05, 4.69) is 11.1 Å². The lowest BCUT2D eigenvalue weighted by molar-refractivity contribution is -0.114. The fourth-order valence-corrected chi connectivity index (χ4v) is 3.39. The molecule has 1 amide bonds. The SMILES string of the molecule is Cl.NC(=O)C1=CCC(N=C(N)N)(C2(N)C=CC(c3ccccc3)=CC2)C=C1. The summed E-state index contributed by atoms with van der Waals surface area (Å²) in [4.78, 5) is 15.8. The zero-order valence-corrected chi connectivity index (χ0v) is 15.7. The molecule has 27 heavy (non-hydrogen) atoms. The van der Waals surface area contributed by atoms with Gasteiger partial charge in [0.25, 0.3) is 0 Å². The molecule has 0 saturated heterocycles. The maximum absolute atomic E-state index is 11.4. The summed E-state index contributed by atoms with van der Waals surface area (Å²) in [5.41, 5.74) is 24.4. The maximum Gasteiger partial charge on any atom is 0.248 e. The number of rotatable bonds is 4. The number of guanidine groups is 1. The van der Waals surface area contributed by atoms with E-state index in [1.807, 2.05) is 42.5 Å². The van der Waals surface area contributed by atoms with Crippen LogP contribution in [0.15, 0.2) is 77.4 Å². The lowest BCUT2D eigenvalue weighted by atomic mass is 9.68. The first-order valence-corrected chi connectivity index (χ1v) is 8.39. The third-order valence-corrected chi connectivity index (χ3v) is 4.92. The van der Waals surface area contributed by atoms with Crippen molar-refractivity contribution in [2.45, 2.75) is 23.9 Å². The third kappa shape index (κ3) is 3.97. The number of hydrogen-bond donors (Lipinski definition) is 4. The summed E-state index contributed by atoms with van der Waals surface area (Å²) in [6.07, 6.45) is 12.1. The highest BCUT2D eigenvalue weighted by atomic mass is 35.5. The first-order valence-electron chi connectivity index (χ1n) is 8.39. The minimum Gasteiger partial charge on any atom is -0.370 e. The second-order valence-electron chi connectivity index (χ2n) is 6.63. The Kier molecular flexibility index (Phi) is 5.93. The first kappa shape index (κ1) is 20.5.